The number of aliphatic hydroxyl groups excluding tert-OH is 1. The van der Waals surface area contributed by atoms with Gasteiger partial charge < -0.3 is 20.3 Å². The molecule has 1 atom stereocenters. The average molecular weight is 493 g/mol. The third-order valence-electron chi connectivity index (χ3n) is 3.69. The number of halogens is 2. The summed E-state index contributed by atoms with van der Waals surface area (Å²) in [6.45, 7) is 6.44. The van der Waals surface area contributed by atoms with Gasteiger partial charge in [0, 0.05) is 36.6 Å². The zero-order chi connectivity index (χ0) is 18.1. The molecule has 0 aliphatic rings. The Balaban J connectivity index is 0.00000338. The molecule has 0 aliphatic carbocycles. The molecule has 0 aliphatic heterocycles. The third-order valence-corrected chi connectivity index (χ3v) is 4.03. The molecule has 0 spiro atoms. The van der Waals surface area contributed by atoms with Crippen LogP contribution in [0.15, 0.2) is 35.6 Å². The number of hydrogen-bond donors (Lipinski definition) is 3. The Hall–Kier alpha value is -1.39. The van der Waals surface area contributed by atoms with Crippen LogP contribution < -0.4 is 10.6 Å². The topological polar surface area (TPSA) is 87.4 Å². The summed E-state index contributed by atoms with van der Waals surface area (Å²) in [6.07, 6.45) is 1.83. The van der Waals surface area contributed by atoms with E-state index in [4.69, 9.17) is 11.6 Å². The van der Waals surface area contributed by atoms with E-state index in [1.807, 2.05) is 23.6 Å². The number of benzene rings is 1. The lowest BCUT2D eigenvalue weighted by molar-refractivity contribution is 0.187. The van der Waals surface area contributed by atoms with E-state index in [1.165, 1.54) is 0 Å². The zero-order valence-corrected chi connectivity index (χ0v) is 18.1. The Kier molecular flexibility index (Phi) is 10.5. The van der Waals surface area contributed by atoms with Crippen LogP contribution in [0.3, 0.4) is 0 Å². The lowest BCUT2D eigenvalue weighted by atomic mass is 10.1. The van der Waals surface area contributed by atoms with E-state index in [9.17, 15) is 5.11 Å². The van der Waals surface area contributed by atoms with Crippen LogP contribution in [0.2, 0.25) is 5.02 Å². The molecule has 0 saturated heterocycles. The first-order valence-electron chi connectivity index (χ1n) is 8.47. The number of rotatable bonds is 8. The van der Waals surface area contributed by atoms with E-state index < -0.39 is 6.10 Å². The van der Waals surface area contributed by atoms with Gasteiger partial charge in [0.2, 0.25) is 0 Å². The molecule has 26 heavy (non-hydrogen) atoms. The van der Waals surface area contributed by atoms with Crippen molar-refractivity contribution in [3.63, 3.8) is 0 Å². The quantitative estimate of drug-likeness (QED) is 0.299. The molecule has 1 aromatic heterocycles. The number of aromatic nitrogens is 3. The second kappa shape index (κ2) is 12.1. The van der Waals surface area contributed by atoms with Crippen LogP contribution in [0.5, 0.6) is 0 Å². The SMILES string of the molecule is CCNC(=NCC(O)c1ccccc1Cl)NCCn1cnnc1CC.I. The molecular weight excluding hydrogens is 467 g/mol. The standard InChI is InChI=1S/C17H25ClN6O.HI/c1-3-16-23-22-12-24(16)10-9-20-17(19-4-2)21-11-15(25)13-7-5-6-8-14(13)18;/h5-8,12,15,25H,3-4,9-11H2,1-2H3,(H2,19,20,21);1H. The minimum absolute atomic E-state index is 0. The predicted molar refractivity (Wildman–Crippen MR) is 115 cm³/mol. The fourth-order valence-electron chi connectivity index (χ4n) is 2.40. The summed E-state index contributed by atoms with van der Waals surface area (Å²) < 4.78 is 2.01. The van der Waals surface area contributed by atoms with Gasteiger partial charge in [0.15, 0.2) is 5.96 Å². The number of nitrogens with zero attached hydrogens (tertiary/aromatic N) is 4. The monoisotopic (exact) mass is 492 g/mol. The number of nitrogens with one attached hydrogen (secondary N) is 2. The van der Waals surface area contributed by atoms with Crippen molar-refractivity contribution in [2.45, 2.75) is 32.9 Å². The van der Waals surface area contributed by atoms with Crippen LogP contribution in [0.1, 0.15) is 31.3 Å². The largest absolute Gasteiger partial charge is 0.386 e. The molecule has 9 heteroatoms. The van der Waals surface area contributed by atoms with Crippen LogP contribution >= 0.6 is 35.6 Å². The van der Waals surface area contributed by atoms with Gasteiger partial charge in [-0.1, -0.05) is 36.7 Å². The molecule has 1 aromatic carbocycles. The highest BCUT2D eigenvalue weighted by molar-refractivity contribution is 14.0. The van der Waals surface area contributed by atoms with Gasteiger partial charge in [-0.3, -0.25) is 4.99 Å². The van der Waals surface area contributed by atoms with Crippen LogP contribution in [0, 0.1) is 0 Å². The Morgan fingerprint density at radius 1 is 1.31 bits per heavy atom. The van der Waals surface area contributed by atoms with Crippen molar-refractivity contribution < 1.29 is 5.11 Å². The Bertz CT molecular complexity index is 693. The summed E-state index contributed by atoms with van der Waals surface area (Å²) in [5, 5.41) is 25.2. The highest BCUT2D eigenvalue weighted by Crippen LogP contribution is 2.22. The van der Waals surface area contributed by atoms with E-state index in [2.05, 4.69) is 32.7 Å². The van der Waals surface area contributed by atoms with E-state index in [0.29, 0.717) is 23.1 Å². The molecule has 0 bridgehead atoms. The first-order valence-corrected chi connectivity index (χ1v) is 8.84. The second-order valence-electron chi connectivity index (χ2n) is 5.48. The van der Waals surface area contributed by atoms with Crippen LogP contribution in [0.4, 0.5) is 0 Å². The van der Waals surface area contributed by atoms with Crippen molar-refractivity contribution in [3.05, 3.63) is 47.0 Å². The summed E-state index contributed by atoms with van der Waals surface area (Å²) in [5.41, 5.74) is 0.681. The Labute approximate surface area is 176 Å². The van der Waals surface area contributed by atoms with E-state index in [-0.39, 0.29) is 30.5 Å². The maximum absolute atomic E-state index is 10.3. The highest BCUT2D eigenvalue weighted by Gasteiger charge is 2.11. The van der Waals surface area contributed by atoms with Gasteiger partial charge in [0.25, 0.3) is 0 Å². The molecule has 0 fully saturated rings. The van der Waals surface area contributed by atoms with Crippen LogP contribution in [0.25, 0.3) is 0 Å². The average Bonchev–Trinajstić information content (AvgIpc) is 3.07. The Morgan fingerprint density at radius 3 is 2.77 bits per heavy atom. The zero-order valence-electron chi connectivity index (χ0n) is 15.0. The van der Waals surface area contributed by atoms with Gasteiger partial charge in [-0.2, -0.15) is 0 Å². The number of guanidine groups is 1. The van der Waals surface area contributed by atoms with Crippen LogP contribution in [-0.4, -0.2) is 45.5 Å². The normalized spacial score (nSPS) is 12.4. The lowest BCUT2D eigenvalue weighted by Gasteiger charge is -2.14. The van der Waals surface area contributed by atoms with Crippen molar-refractivity contribution in [3.8, 4) is 0 Å². The predicted octanol–water partition coefficient (Wildman–Crippen LogP) is 2.40. The molecule has 2 aromatic rings. The van der Waals surface area contributed by atoms with E-state index in [0.717, 1.165) is 25.3 Å². The summed E-state index contributed by atoms with van der Waals surface area (Å²) in [4.78, 5) is 4.44. The van der Waals surface area contributed by atoms with E-state index in [1.54, 1.807) is 18.5 Å². The molecule has 2 rings (SSSR count). The van der Waals surface area contributed by atoms with Gasteiger partial charge >= 0.3 is 0 Å². The molecule has 7 nitrogen and oxygen atoms in total. The lowest BCUT2D eigenvalue weighted by Crippen LogP contribution is -2.39. The third kappa shape index (κ3) is 6.73. The van der Waals surface area contributed by atoms with Gasteiger partial charge in [-0.15, -0.1) is 34.2 Å². The van der Waals surface area contributed by atoms with Crippen molar-refractivity contribution in [2.75, 3.05) is 19.6 Å². The molecular formula is C17H26ClIN6O. The van der Waals surface area contributed by atoms with E-state index >= 15 is 0 Å². The number of aliphatic imine (C=N–C) groups is 1. The summed E-state index contributed by atoms with van der Waals surface area (Å²) >= 11 is 6.11. The van der Waals surface area contributed by atoms with Crippen molar-refractivity contribution in [2.24, 2.45) is 4.99 Å². The summed E-state index contributed by atoms with van der Waals surface area (Å²) in [5.74, 6) is 1.61. The minimum atomic E-state index is -0.742. The summed E-state index contributed by atoms with van der Waals surface area (Å²) in [6, 6.07) is 7.25. The number of aliphatic hydroxyl groups is 1. The van der Waals surface area contributed by atoms with Gasteiger partial charge in [-0.25, -0.2) is 0 Å². The molecule has 1 heterocycles. The van der Waals surface area contributed by atoms with Crippen molar-refractivity contribution >= 4 is 41.5 Å². The first-order chi connectivity index (χ1) is 12.2. The maximum atomic E-state index is 10.3. The van der Waals surface area contributed by atoms with Crippen LogP contribution in [-0.2, 0) is 13.0 Å². The minimum Gasteiger partial charge on any atom is -0.386 e. The first kappa shape index (κ1) is 22.7. The Morgan fingerprint density at radius 2 is 2.08 bits per heavy atom. The number of aryl methyl sites for hydroxylation is 1. The van der Waals surface area contributed by atoms with Gasteiger partial charge in [0.05, 0.1) is 6.54 Å². The maximum Gasteiger partial charge on any atom is 0.191 e. The molecule has 0 saturated carbocycles. The number of hydrogen-bond acceptors (Lipinski definition) is 4. The molecule has 1 unspecified atom stereocenters. The van der Waals surface area contributed by atoms with Crippen molar-refractivity contribution in [1.82, 2.24) is 25.4 Å². The summed E-state index contributed by atoms with van der Waals surface area (Å²) in [7, 11) is 0. The molecule has 3 N–H and O–H groups in total. The van der Waals surface area contributed by atoms with Gasteiger partial charge in [0.1, 0.15) is 18.3 Å². The van der Waals surface area contributed by atoms with Gasteiger partial charge in [-0.05, 0) is 13.0 Å². The second-order valence-corrected chi connectivity index (χ2v) is 5.89. The fourth-order valence-corrected chi connectivity index (χ4v) is 2.66. The fraction of sp³-hybridized carbons (Fsp3) is 0.471. The molecule has 144 valence electrons. The molecule has 0 radical (unpaired) electrons. The smallest absolute Gasteiger partial charge is 0.191 e. The molecule has 0 amide bonds. The highest BCUT2D eigenvalue weighted by atomic mass is 127. The van der Waals surface area contributed by atoms with Crippen molar-refractivity contribution in [1.29, 1.82) is 0 Å².